The first-order chi connectivity index (χ1) is 9.66. The minimum Gasteiger partial charge on any atom is -0.355 e. The highest BCUT2D eigenvalue weighted by molar-refractivity contribution is 7.11. The van der Waals surface area contributed by atoms with E-state index in [4.69, 9.17) is 0 Å². The summed E-state index contributed by atoms with van der Waals surface area (Å²) < 4.78 is 77.8. The molecule has 1 aromatic heterocycles. The van der Waals surface area contributed by atoms with Crippen molar-refractivity contribution < 1.29 is 31.1 Å². The van der Waals surface area contributed by atoms with Crippen molar-refractivity contribution in [3.8, 4) is 0 Å². The van der Waals surface area contributed by atoms with Gasteiger partial charge in [0.1, 0.15) is 0 Å². The zero-order chi connectivity index (χ0) is 15.7. The summed E-state index contributed by atoms with van der Waals surface area (Å²) >= 11 is 1.14. The molecule has 1 aromatic rings. The number of nitrogens with one attached hydrogen (secondary N) is 1. The van der Waals surface area contributed by atoms with Crippen LogP contribution in [0.5, 0.6) is 0 Å². The summed E-state index contributed by atoms with van der Waals surface area (Å²) in [6.07, 6.45) is -12.5. The van der Waals surface area contributed by atoms with E-state index in [0.29, 0.717) is 17.5 Å². The molecule has 1 heterocycles. The smallest absolute Gasteiger partial charge is 0.355 e. The average Bonchev–Trinajstić information content (AvgIpc) is 3.03. The topological polar surface area (TPSA) is 21.3 Å². The fourth-order valence-corrected chi connectivity index (χ4v) is 2.56. The third-order valence-electron chi connectivity index (χ3n) is 2.85. The molecule has 0 saturated heterocycles. The lowest BCUT2D eigenvalue weighted by Crippen LogP contribution is -2.44. The second-order valence-corrected chi connectivity index (χ2v) is 6.05. The van der Waals surface area contributed by atoms with Crippen LogP contribution >= 0.6 is 11.3 Å². The van der Waals surface area contributed by atoms with Gasteiger partial charge in [-0.2, -0.15) is 26.3 Å². The quantitative estimate of drug-likeness (QED) is 0.794. The molecular formula is C12H13F6NOS. The molecule has 120 valence electrons. The van der Waals surface area contributed by atoms with Crippen LogP contribution in [-0.4, -0.2) is 24.5 Å². The van der Waals surface area contributed by atoms with Gasteiger partial charge in [-0.15, -0.1) is 11.3 Å². The van der Waals surface area contributed by atoms with Crippen LogP contribution in [0.15, 0.2) is 12.1 Å². The number of alkyl halides is 6. The van der Waals surface area contributed by atoms with E-state index in [1.54, 1.807) is 6.07 Å². The Bertz CT molecular complexity index is 451. The first kappa shape index (κ1) is 16.6. The monoisotopic (exact) mass is 333 g/mol. The van der Waals surface area contributed by atoms with E-state index >= 15 is 0 Å². The van der Waals surface area contributed by atoms with E-state index < -0.39 is 25.1 Å². The molecule has 0 atom stereocenters. The minimum absolute atomic E-state index is 0.334. The zero-order valence-electron chi connectivity index (χ0n) is 10.7. The van der Waals surface area contributed by atoms with Crippen LogP contribution < -0.4 is 5.32 Å². The van der Waals surface area contributed by atoms with Crippen molar-refractivity contribution in [1.82, 2.24) is 5.32 Å². The molecule has 0 bridgehead atoms. The highest BCUT2D eigenvalue weighted by Crippen LogP contribution is 2.36. The van der Waals surface area contributed by atoms with Crippen LogP contribution in [0, 0.1) is 0 Å². The van der Waals surface area contributed by atoms with Crippen molar-refractivity contribution >= 4 is 11.3 Å². The largest absolute Gasteiger partial charge is 0.423 e. The van der Waals surface area contributed by atoms with Crippen LogP contribution in [0.25, 0.3) is 0 Å². The average molecular weight is 333 g/mol. The van der Waals surface area contributed by atoms with Gasteiger partial charge in [-0.3, -0.25) is 0 Å². The summed E-state index contributed by atoms with van der Waals surface area (Å²) in [7, 11) is 0. The lowest BCUT2D eigenvalue weighted by Gasteiger charge is -2.22. The normalized spacial score (nSPS) is 16.7. The summed E-state index contributed by atoms with van der Waals surface area (Å²) in [6.45, 7) is -0.144. The Hall–Kier alpha value is -0.800. The molecule has 1 saturated carbocycles. The molecule has 2 rings (SSSR count). The third-order valence-corrected chi connectivity index (χ3v) is 3.91. The number of rotatable bonds is 6. The standard InChI is InChI=1S/C12H13F6NOS/c13-11(14,15)10(12(16,17)18)20-6-9-4-3-8(21-9)5-19-7-1-2-7/h3-4,7,10,19H,1-2,5-6H2. The van der Waals surface area contributed by atoms with Crippen LogP contribution in [0.2, 0.25) is 0 Å². The Kier molecular flexibility index (Phi) is 4.84. The van der Waals surface area contributed by atoms with Crippen molar-refractivity contribution in [3.63, 3.8) is 0 Å². The first-order valence-corrected chi connectivity index (χ1v) is 7.04. The molecule has 1 N–H and O–H groups in total. The van der Waals surface area contributed by atoms with Crippen LogP contribution in [0.3, 0.4) is 0 Å². The molecule has 1 aliphatic rings. The molecule has 1 aliphatic carbocycles. The maximum Gasteiger partial charge on any atom is 0.423 e. The SMILES string of the molecule is FC(F)(F)C(OCc1ccc(CNC2CC2)s1)C(F)(F)F. The molecule has 1 fully saturated rings. The zero-order valence-corrected chi connectivity index (χ0v) is 11.5. The predicted octanol–water partition coefficient (Wildman–Crippen LogP) is 4.01. The first-order valence-electron chi connectivity index (χ1n) is 6.22. The van der Waals surface area contributed by atoms with Gasteiger partial charge in [-0.1, -0.05) is 0 Å². The maximum atomic E-state index is 12.3. The van der Waals surface area contributed by atoms with Crippen LogP contribution in [0.1, 0.15) is 22.6 Å². The minimum atomic E-state index is -5.47. The van der Waals surface area contributed by atoms with Gasteiger partial charge in [-0.25, -0.2) is 0 Å². The van der Waals surface area contributed by atoms with Crippen LogP contribution in [0.4, 0.5) is 26.3 Å². The summed E-state index contributed by atoms with van der Waals surface area (Å²) in [5.41, 5.74) is 0. The number of hydrogen-bond acceptors (Lipinski definition) is 3. The van der Waals surface area contributed by atoms with E-state index in [1.807, 2.05) is 0 Å². The van der Waals surface area contributed by atoms with Crippen LogP contribution in [-0.2, 0) is 17.9 Å². The molecule has 0 unspecified atom stereocenters. The van der Waals surface area contributed by atoms with Gasteiger partial charge in [0.2, 0.25) is 6.10 Å². The van der Waals surface area contributed by atoms with E-state index in [0.717, 1.165) is 29.1 Å². The van der Waals surface area contributed by atoms with E-state index in [-0.39, 0.29) is 0 Å². The van der Waals surface area contributed by atoms with Gasteiger partial charge in [0, 0.05) is 22.3 Å². The Morgan fingerprint density at radius 2 is 1.67 bits per heavy atom. The molecule has 21 heavy (non-hydrogen) atoms. The summed E-state index contributed by atoms with van der Waals surface area (Å²) in [5.74, 6) is 0. The van der Waals surface area contributed by atoms with Gasteiger partial charge >= 0.3 is 12.4 Å². The molecule has 0 radical (unpaired) electrons. The Morgan fingerprint density at radius 3 is 2.19 bits per heavy atom. The van der Waals surface area contributed by atoms with Crippen molar-refractivity contribution in [3.05, 3.63) is 21.9 Å². The molecule has 2 nitrogen and oxygen atoms in total. The van der Waals surface area contributed by atoms with Gasteiger partial charge in [0.25, 0.3) is 0 Å². The molecular weight excluding hydrogens is 320 g/mol. The van der Waals surface area contributed by atoms with Crippen molar-refractivity contribution in [2.45, 2.75) is 50.5 Å². The lowest BCUT2D eigenvalue weighted by atomic mass is 10.3. The van der Waals surface area contributed by atoms with Gasteiger partial charge in [-0.05, 0) is 25.0 Å². The summed E-state index contributed by atoms with van der Waals surface area (Å²) in [6, 6.07) is 3.64. The second-order valence-electron chi connectivity index (χ2n) is 4.80. The van der Waals surface area contributed by atoms with Crippen molar-refractivity contribution in [2.75, 3.05) is 0 Å². The fraction of sp³-hybridized carbons (Fsp3) is 0.667. The highest BCUT2D eigenvalue weighted by Gasteiger charge is 2.57. The number of thiophene rings is 1. The fourth-order valence-electron chi connectivity index (χ4n) is 1.67. The lowest BCUT2D eigenvalue weighted by molar-refractivity contribution is -0.324. The third kappa shape index (κ3) is 5.15. The van der Waals surface area contributed by atoms with E-state index in [1.165, 1.54) is 6.07 Å². The van der Waals surface area contributed by atoms with Crippen molar-refractivity contribution in [1.29, 1.82) is 0 Å². The van der Waals surface area contributed by atoms with Gasteiger partial charge in [0.15, 0.2) is 0 Å². The molecule has 0 aliphatic heterocycles. The number of halogens is 6. The van der Waals surface area contributed by atoms with Gasteiger partial charge in [0.05, 0.1) is 6.61 Å². The Balaban J connectivity index is 1.88. The second kappa shape index (κ2) is 6.13. The van der Waals surface area contributed by atoms with Gasteiger partial charge < -0.3 is 10.1 Å². The Morgan fingerprint density at radius 1 is 1.10 bits per heavy atom. The molecule has 9 heteroatoms. The highest BCUT2D eigenvalue weighted by atomic mass is 32.1. The predicted molar refractivity (Wildman–Crippen MR) is 64.9 cm³/mol. The number of hydrogen-bond donors (Lipinski definition) is 1. The summed E-state index contributed by atoms with van der Waals surface area (Å²) in [5, 5.41) is 3.21. The van der Waals surface area contributed by atoms with Crippen molar-refractivity contribution in [2.24, 2.45) is 0 Å². The van der Waals surface area contributed by atoms with E-state index in [2.05, 4.69) is 10.1 Å². The molecule has 0 amide bonds. The summed E-state index contributed by atoms with van der Waals surface area (Å²) in [4.78, 5) is 1.19. The van der Waals surface area contributed by atoms with E-state index in [9.17, 15) is 26.3 Å². The molecule has 0 spiro atoms. The molecule has 0 aromatic carbocycles. The number of ether oxygens (including phenoxy) is 1. The maximum absolute atomic E-state index is 12.3. The Labute approximate surface area is 121 Å².